The summed E-state index contributed by atoms with van der Waals surface area (Å²) in [5, 5.41) is 2.56. The smallest absolute Gasteiger partial charge is 0.0742 e. The third-order valence-electron chi connectivity index (χ3n) is 5.24. The minimum Gasteiger partial charge on any atom is -0.370 e. The molecule has 0 N–H and O–H groups in total. The van der Waals surface area contributed by atoms with Crippen molar-refractivity contribution in [2.75, 3.05) is 7.05 Å². The Kier molecular flexibility index (Phi) is 3.42. The third kappa shape index (κ3) is 2.26. The maximum absolute atomic E-state index is 2.36. The van der Waals surface area contributed by atoms with E-state index < -0.39 is 0 Å². The summed E-state index contributed by atoms with van der Waals surface area (Å²) in [6, 6.07) is 24.1. The Balaban J connectivity index is 1.86. The highest BCUT2D eigenvalue weighted by Crippen LogP contribution is 2.37. The van der Waals surface area contributed by atoms with Crippen LogP contribution < -0.4 is 0 Å². The van der Waals surface area contributed by atoms with Crippen LogP contribution in [0, 0.1) is 0 Å². The summed E-state index contributed by atoms with van der Waals surface area (Å²) in [5.41, 5.74) is 5.10. The highest BCUT2D eigenvalue weighted by Gasteiger charge is 2.22. The molecule has 0 amide bonds. The van der Waals surface area contributed by atoms with Crippen LogP contribution in [0.3, 0.4) is 0 Å². The van der Waals surface area contributed by atoms with Gasteiger partial charge in [-0.3, -0.25) is 0 Å². The van der Waals surface area contributed by atoms with Crippen LogP contribution in [0.2, 0.25) is 0 Å². The molecule has 0 saturated carbocycles. The van der Waals surface area contributed by atoms with Crippen molar-refractivity contribution in [1.82, 2.24) is 9.30 Å². The van der Waals surface area contributed by atoms with Crippen molar-refractivity contribution in [1.29, 1.82) is 0 Å². The number of hydrogen-bond acceptors (Lipinski definition) is 1. The van der Waals surface area contributed by atoms with Gasteiger partial charge in [0.25, 0.3) is 0 Å². The molecule has 3 heterocycles. The molecule has 5 rings (SSSR count). The summed E-state index contributed by atoms with van der Waals surface area (Å²) < 4.78 is 2.34. The second-order valence-corrected chi connectivity index (χ2v) is 6.81. The van der Waals surface area contributed by atoms with E-state index in [9.17, 15) is 0 Å². The van der Waals surface area contributed by atoms with E-state index >= 15 is 0 Å². The normalized spacial score (nSPS) is 16.7. The van der Waals surface area contributed by atoms with Gasteiger partial charge in [0.15, 0.2) is 0 Å². The molecule has 0 fully saturated rings. The third-order valence-corrected chi connectivity index (χ3v) is 5.24. The van der Waals surface area contributed by atoms with Gasteiger partial charge in [-0.15, -0.1) is 0 Å². The number of pyridine rings is 1. The van der Waals surface area contributed by atoms with Crippen LogP contribution in [0.5, 0.6) is 0 Å². The number of allylic oxidation sites excluding steroid dienone is 2. The van der Waals surface area contributed by atoms with Crippen LogP contribution in [0.25, 0.3) is 27.5 Å². The Morgan fingerprint density at radius 2 is 1.65 bits per heavy atom. The molecule has 2 aromatic carbocycles. The second kappa shape index (κ2) is 5.92. The second-order valence-electron chi connectivity index (χ2n) is 6.81. The molecule has 0 aliphatic carbocycles. The molecule has 1 aliphatic heterocycles. The molecular weight excluding hydrogens is 316 g/mol. The van der Waals surface area contributed by atoms with Gasteiger partial charge in [-0.25, -0.2) is 0 Å². The van der Waals surface area contributed by atoms with Crippen molar-refractivity contribution < 1.29 is 0 Å². The minimum absolute atomic E-state index is 0.230. The molecule has 26 heavy (non-hydrogen) atoms. The number of rotatable bonds is 2. The van der Waals surface area contributed by atoms with Gasteiger partial charge in [-0.2, -0.15) is 0 Å². The van der Waals surface area contributed by atoms with Crippen molar-refractivity contribution in [2.24, 2.45) is 0 Å². The van der Waals surface area contributed by atoms with Gasteiger partial charge in [0.2, 0.25) is 0 Å². The van der Waals surface area contributed by atoms with Crippen molar-refractivity contribution in [3.63, 3.8) is 0 Å². The van der Waals surface area contributed by atoms with E-state index in [0.29, 0.717) is 0 Å². The van der Waals surface area contributed by atoms with Crippen LogP contribution in [0.4, 0.5) is 0 Å². The van der Waals surface area contributed by atoms with E-state index in [2.05, 4.69) is 114 Å². The number of aromatic nitrogens is 1. The topological polar surface area (TPSA) is 7.65 Å². The fourth-order valence-electron chi connectivity index (χ4n) is 3.97. The molecule has 2 heteroatoms. The lowest BCUT2D eigenvalue weighted by Gasteiger charge is -2.27. The van der Waals surface area contributed by atoms with Crippen molar-refractivity contribution >= 4 is 16.3 Å². The highest BCUT2D eigenvalue weighted by atomic mass is 15.1. The first-order valence-electron chi connectivity index (χ1n) is 8.98. The largest absolute Gasteiger partial charge is 0.370 e. The lowest BCUT2D eigenvalue weighted by atomic mass is 9.99. The number of nitrogens with zero attached hydrogens (tertiary/aromatic N) is 2. The average Bonchev–Trinajstić information content (AvgIpc) is 3.09. The zero-order valence-electron chi connectivity index (χ0n) is 14.7. The zero-order valence-corrected chi connectivity index (χ0v) is 14.7. The van der Waals surface area contributed by atoms with Crippen molar-refractivity contribution in [3.8, 4) is 11.3 Å². The standard InChI is InChI=1S/C24H20N2/c1-25-15-8-7-13-22(25)21-17-23-20-12-6-5-9-18(20)14-16-26(23)24(21)19-10-3-2-4-11-19/h2-17,22H,1H3. The Bertz CT molecular complexity index is 1150. The molecule has 1 atom stereocenters. The molecule has 2 aromatic heterocycles. The van der Waals surface area contributed by atoms with Gasteiger partial charge in [-0.05, 0) is 35.4 Å². The maximum Gasteiger partial charge on any atom is 0.0742 e. The average molecular weight is 336 g/mol. The van der Waals surface area contributed by atoms with Crippen LogP contribution in [0.1, 0.15) is 11.6 Å². The summed E-state index contributed by atoms with van der Waals surface area (Å²) >= 11 is 0. The van der Waals surface area contributed by atoms with Gasteiger partial charge >= 0.3 is 0 Å². The Labute approximate surface area is 153 Å². The summed E-state index contributed by atoms with van der Waals surface area (Å²) in [6.07, 6.45) is 10.8. The molecule has 4 aromatic rings. The van der Waals surface area contributed by atoms with Crippen molar-refractivity contribution in [3.05, 3.63) is 103 Å². The first-order chi connectivity index (χ1) is 12.8. The van der Waals surface area contributed by atoms with Crippen LogP contribution in [-0.2, 0) is 0 Å². The minimum atomic E-state index is 0.230. The fraction of sp³-hybridized carbons (Fsp3) is 0.0833. The van der Waals surface area contributed by atoms with Gasteiger partial charge < -0.3 is 9.30 Å². The molecule has 1 unspecified atom stereocenters. The molecule has 0 saturated heterocycles. The molecule has 0 bridgehead atoms. The number of likely N-dealkylation sites (N-methyl/N-ethyl adjacent to an activating group) is 1. The quantitative estimate of drug-likeness (QED) is 0.448. The first-order valence-corrected chi connectivity index (χ1v) is 8.98. The molecule has 1 aliphatic rings. The fourth-order valence-corrected chi connectivity index (χ4v) is 3.97. The Morgan fingerprint density at radius 3 is 2.50 bits per heavy atom. The van der Waals surface area contributed by atoms with E-state index in [1.807, 2.05) is 0 Å². The van der Waals surface area contributed by atoms with Gasteiger partial charge in [0.1, 0.15) is 0 Å². The number of fused-ring (bicyclic) bond motifs is 3. The van der Waals surface area contributed by atoms with Gasteiger partial charge in [0.05, 0.1) is 17.3 Å². The molecular formula is C24H20N2. The molecule has 0 radical (unpaired) electrons. The highest BCUT2D eigenvalue weighted by molar-refractivity contribution is 5.98. The number of benzene rings is 2. The summed E-state index contributed by atoms with van der Waals surface area (Å²) in [6.45, 7) is 0. The summed E-state index contributed by atoms with van der Waals surface area (Å²) in [5.74, 6) is 0. The van der Waals surface area contributed by atoms with E-state index in [0.717, 1.165) is 0 Å². The van der Waals surface area contributed by atoms with Crippen LogP contribution >= 0.6 is 0 Å². The lowest BCUT2D eigenvalue weighted by Crippen LogP contribution is -2.19. The van der Waals surface area contributed by atoms with E-state index in [1.165, 1.54) is 33.1 Å². The first kappa shape index (κ1) is 15.0. The predicted molar refractivity (Wildman–Crippen MR) is 109 cm³/mol. The van der Waals surface area contributed by atoms with Crippen LogP contribution in [-0.4, -0.2) is 16.3 Å². The van der Waals surface area contributed by atoms with Gasteiger partial charge in [-0.1, -0.05) is 66.7 Å². The molecule has 126 valence electrons. The van der Waals surface area contributed by atoms with Crippen molar-refractivity contribution in [2.45, 2.75) is 6.04 Å². The Hall–Kier alpha value is -3.26. The van der Waals surface area contributed by atoms with E-state index in [4.69, 9.17) is 0 Å². The monoisotopic (exact) mass is 336 g/mol. The molecule has 0 spiro atoms. The maximum atomic E-state index is 2.36. The SMILES string of the molecule is CN1C=CC=CC1c1cc2c3ccccc3ccn2c1-c1ccccc1. The predicted octanol–water partition coefficient (Wildman–Crippen LogP) is 5.82. The lowest BCUT2D eigenvalue weighted by molar-refractivity contribution is 0.390. The summed E-state index contributed by atoms with van der Waals surface area (Å²) in [4.78, 5) is 2.27. The summed E-state index contributed by atoms with van der Waals surface area (Å²) in [7, 11) is 2.14. The van der Waals surface area contributed by atoms with E-state index in [-0.39, 0.29) is 6.04 Å². The van der Waals surface area contributed by atoms with E-state index in [1.54, 1.807) is 0 Å². The van der Waals surface area contributed by atoms with Crippen LogP contribution in [0.15, 0.2) is 97.4 Å². The number of hydrogen-bond donors (Lipinski definition) is 0. The zero-order chi connectivity index (χ0) is 17.5. The Morgan fingerprint density at radius 1 is 0.846 bits per heavy atom. The molecule has 2 nitrogen and oxygen atoms in total. The van der Waals surface area contributed by atoms with Gasteiger partial charge in [0, 0.05) is 24.2 Å².